The Kier molecular flexibility index (Phi) is 5.20. The zero-order valence-electron chi connectivity index (χ0n) is 10.8. The van der Waals surface area contributed by atoms with Crippen LogP contribution in [0.25, 0.3) is 5.57 Å². The minimum Gasteiger partial charge on any atom is -0.490 e. The van der Waals surface area contributed by atoms with Crippen molar-refractivity contribution in [3.63, 3.8) is 0 Å². The van der Waals surface area contributed by atoms with E-state index >= 15 is 0 Å². The topological polar surface area (TPSA) is 88.4 Å². The van der Waals surface area contributed by atoms with E-state index in [1.54, 1.807) is 12.1 Å². The predicted octanol–water partition coefficient (Wildman–Crippen LogP) is 1.16. The highest BCUT2D eigenvalue weighted by molar-refractivity contribution is 6.08. The molecule has 0 spiro atoms. The van der Waals surface area contributed by atoms with Crippen LogP contribution in [0.3, 0.4) is 0 Å². The second-order valence-electron chi connectivity index (χ2n) is 4.17. The number of ether oxygens (including phenoxy) is 1. The third-order valence-corrected chi connectivity index (χ3v) is 2.48. The first-order chi connectivity index (χ1) is 8.58. The molecule has 0 fully saturated rings. The summed E-state index contributed by atoms with van der Waals surface area (Å²) in [6, 6.07) is 5.37. The van der Waals surface area contributed by atoms with Crippen molar-refractivity contribution in [2.75, 3.05) is 33.0 Å². The Morgan fingerprint density at radius 3 is 2.72 bits per heavy atom. The van der Waals surface area contributed by atoms with Crippen molar-refractivity contribution in [3.05, 3.63) is 30.0 Å². The van der Waals surface area contributed by atoms with E-state index in [4.69, 9.17) is 21.6 Å². The molecule has 0 heterocycles. The van der Waals surface area contributed by atoms with Gasteiger partial charge < -0.3 is 26.5 Å². The second-order valence-corrected chi connectivity index (χ2v) is 4.17. The van der Waals surface area contributed by atoms with Gasteiger partial charge in [-0.25, -0.2) is 0 Å². The van der Waals surface area contributed by atoms with Gasteiger partial charge >= 0.3 is 0 Å². The van der Waals surface area contributed by atoms with Crippen LogP contribution >= 0.6 is 0 Å². The largest absolute Gasteiger partial charge is 0.490 e. The van der Waals surface area contributed by atoms with Crippen molar-refractivity contribution in [2.45, 2.75) is 0 Å². The van der Waals surface area contributed by atoms with Crippen LogP contribution in [0.4, 0.5) is 5.69 Å². The van der Waals surface area contributed by atoms with Crippen LogP contribution in [0.5, 0.6) is 5.75 Å². The van der Waals surface area contributed by atoms with Crippen molar-refractivity contribution in [2.24, 2.45) is 5.73 Å². The first-order valence-electron chi connectivity index (χ1n) is 5.68. The van der Waals surface area contributed by atoms with Crippen LogP contribution < -0.4 is 16.2 Å². The van der Waals surface area contributed by atoms with Gasteiger partial charge in [0.05, 0.1) is 5.69 Å². The number of likely N-dealkylation sites (N-methyl/N-ethyl adjacent to an activating group) is 1. The molecule has 0 aliphatic rings. The van der Waals surface area contributed by atoms with E-state index in [9.17, 15) is 0 Å². The van der Waals surface area contributed by atoms with E-state index < -0.39 is 0 Å². The van der Waals surface area contributed by atoms with Gasteiger partial charge in [0.25, 0.3) is 0 Å². The molecule has 18 heavy (non-hydrogen) atoms. The number of allylic oxidation sites excluding steroid dienone is 1. The number of benzene rings is 1. The minimum absolute atomic E-state index is 0.562. The van der Waals surface area contributed by atoms with Crippen molar-refractivity contribution < 1.29 is 4.74 Å². The van der Waals surface area contributed by atoms with E-state index in [1.807, 2.05) is 25.1 Å². The van der Waals surface area contributed by atoms with Gasteiger partial charge in [0.15, 0.2) is 0 Å². The Morgan fingerprint density at radius 2 is 2.17 bits per heavy atom. The van der Waals surface area contributed by atoms with Crippen LogP contribution in [0.1, 0.15) is 5.56 Å². The number of hydrogen-bond acceptors (Lipinski definition) is 5. The molecule has 0 atom stereocenters. The maximum Gasteiger partial charge on any atom is 0.142 e. The van der Waals surface area contributed by atoms with Gasteiger partial charge in [-0.15, -0.1) is 0 Å². The van der Waals surface area contributed by atoms with Crippen molar-refractivity contribution >= 4 is 17.5 Å². The zero-order chi connectivity index (χ0) is 13.5. The molecule has 5 N–H and O–H groups in total. The number of nitrogen functional groups attached to an aromatic ring is 1. The summed E-state index contributed by atoms with van der Waals surface area (Å²) >= 11 is 0. The highest BCUT2D eigenvalue weighted by Gasteiger charge is 2.05. The second kappa shape index (κ2) is 6.66. The quantitative estimate of drug-likeness (QED) is 0.520. The molecule has 0 aromatic heterocycles. The third kappa shape index (κ3) is 3.78. The highest BCUT2D eigenvalue weighted by Crippen LogP contribution is 2.25. The van der Waals surface area contributed by atoms with Gasteiger partial charge in [0.2, 0.25) is 0 Å². The Labute approximate surface area is 108 Å². The van der Waals surface area contributed by atoms with Gasteiger partial charge in [-0.1, -0.05) is 6.07 Å². The monoisotopic (exact) mass is 248 g/mol. The smallest absolute Gasteiger partial charge is 0.142 e. The number of anilines is 1. The molecule has 0 saturated carbocycles. The summed E-state index contributed by atoms with van der Waals surface area (Å²) in [6.07, 6.45) is 2.59. The molecule has 1 aromatic rings. The van der Waals surface area contributed by atoms with Crippen LogP contribution in [-0.2, 0) is 0 Å². The average Bonchev–Trinajstić information content (AvgIpc) is 2.34. The molecule has 1 rings (SSSR count). The Balaban J connectivity index is 2.84. The number of rotatable bonds is 6. The molecular formula is C13H20N4O. The molecule has 0 aliphatic heterocycles. The first-order valence-corrected chi connectivity index (χ1v) is 5.68. The normalized spacial score (nSPS) is 11.6. The van der Waals surface area contributed by atoms with Crippen LogP contribution in [0, 0.1) is 5.41 Å². The van der Waals surface area contributed by atoms with Crippen LogP contribution in [0.15, 0.2) is 24.4 Å². The third-order valence-electron chi connectivity index (χ3n) is 2.48. The summed E-state index contributed by atoms with van der Waals surface area (Å²) in [6.45, 7) is 1.38. The van der Waals surface area contributed by atoms with Gasteiger partial charge in [0, 0.05) is 24.5 Å². The van der Waals surface area contributed by atoms with Crippen molar-refractivity contribution in [1.29, 1.82) is 5.41 Å². The number of hydrogen-bond donors (Lipinski definition) is 3. The fourth-order valence-electron chi connectivity index (χ4n) is 1.40. The molecule has 0 bridgehead atoms. The number of nitrogens with zero attached hydrogens (tertiary/aromatic N) is 1. The summed E-state index contributed by atoms with van der Waals surface area (Å²) in [7, 11) is 3.96. The minimum atomic E-state index is 0.562. The molecule has 0 saturated heterocycles. The number of nitrogens with one attached hydrogen (secondary N) is 1. The molecule has 1 aromatic carbocycles. The molecule has 0 amide bonds. The van der Waals surface area contributed by atoms with Gasteiger partial charge in [-0.2, -0.15) is 0 Å². The van der Waals surface area contributed by atoms with Crippen molar-refractivity contribution in [1.82, 2.24) is 4.90 Å². The van der Waals surface area contributed by atoms with Gasteiger partial charge in [0.1, 0.15) is 12.4 Å². The predicted molar refractivity (Wildman–Crippen MR) is 75.9 cm³/mol. The fourth-order valence-corrected chi connectivity index (χ4v) is 1.40. The standard InChI is InChI=1S/C13H20N4O/c1-17(2)5-6-18-13-7-10(3-4-12(13)16)11(8-14)9-15/h3-4,7-9,14H,5-6,15-16H2,1-2H3/b11-9+,14-8?. The summed E-state index contributed by atoms with van der Waals surface area (Å²) in [5.74, 6) is 0.621. The highest BCUT2D eigenvalue weighted by atomic mass is 16.5. The lowest BCUT2D eigenvalue weighted by Crippen LogP contribution is -2.19. The number of nitrogens with two attached hydrogens (primary N) is 2. The molecule has 98 valence electrons. The van der Waals surface area contributed by atoms with E-state index in [1.165, 1.54) is 12.4 Å². The van der Waals surface area contributed by atoms with E-state index in [0.29, 0.717) is 23.6 Å². The van der Waals surface area contributed by atoms with E-state index in [-0.39, 0.29) is 0 Å². The molecular weight excluding hydrogens is 228 g/mol. The molecule has 5 nitrogen and oxygen atoms in total. The maximum absolute atomic E-state index is 7.26. The van der Waals surface area contributed by atoms with Crippen molar-refractivity contribution in [3.8, 4) is 5.75 Å². The summed E-state index contributed by atoms with van der Waals surface area (Å²) in [4.78, 5) is 2.03. The van der Waals surface area contributed by atoms with Crippen LogP contribution in [0.2, 0.25) is 0 Å². The lowest BCUT2D eigenvalue weighted by molar-refractivity contribution is 0.262. The molecule has 0 unspecified atom stereocenters. The van der Waals surface area contributed by atoms with E-state index in [0.717, 1.165) is 12.1 Å². The Bertz CT molecular complexity index is 441. The molecule has 5 heteroatoms. The lowest BCUT2D eigenvalue weighted by atomic mass is 10.1. The summed E-state index contributed by atoms with van der Waals surface area (Å²) in [5, 5.41) is 7.26. The maximum atomic E-state index is 7.26. The Hall–Kier alpha value is -2.01. The summed E-state index contributed by atoms with van der Waals surface area (Å²) in [5.41, 5.74) is 13.3. The Morgan fingerprint density at radius 1 is 1.44 bits per heavy atom. The van der Waals surface area contributed by atoms with E-state index in [2.05, 4.69) is 0 Å². The lowest BCUT2D eigenvalue weighted by Gasteiger charge is -2.13. The molecule has 0 aliphatic carbocycles. The summed E-state index contributed by atoms with van der Waals surface area (Å²) < 4.78 is 5.62. The van der Waals surface area contributed by atoms with Gasteiger partial charge in [-0.3, -0.25) is 0 Å². The SMILES string of the molecule is CN(C)CCOc1cc(/C(C=N)=C/N)ccc1N. The van der Waals surface area contributed by atoms with Crippen LogP contribution in [-0.4, -0.2) is 38.4 Å². The zero-order valence-corrected chi connectivity index (χ0v) is 10.8. The van der Waals surface area contributed by atoms with Gasteiger partial charge in [-0.05, 0) is 31.8 Å². The first kappa shape index (κ1) is 14.1. The molecule has 0 radical (unpaired) electrons. The average molecular weight is 248 g/mol. The fraction of sp³-hybridized carbons (Fsp3) is 0.308.